The Morgan fingerprint density at radius 3 is 2.76 bits per heavy atom. The molecule has 0 saturated carbocycles. The number of aromatic nitrogens is 4. The van der Waals surface area contributed by atoms with Crippen molar-refractivity contribution in [2.45, 2.75) is 12.3 Å². The number of carbonyl (C=O) groups excluding carboxylic acids is 1. The molecule has 9 heteroatoms. The van der Waals surface area contributed by atoms with Gasteiger partial charge in [0, 0.05) is 12.3 Å². The number of ether oxygens (including phenoxy) is 2. The zero-order valence-electron chi connectivity index (χ0n) is 13.6. The fourth-order valence-electron chi connectivity index (χ4n) is 3.15. The minimum absolute atomic E-state index is 0.145. The molecule has 25 heavy (non-hydrogen) atoms. The summed E-state index contributed by atoms with van der Waals surface area (Å²) in [6.45, 7) is 0. The monoisotopic (exact) mass is 341 g/mol. The van der Waals surface area contributed by atoms with E-state index in [4.69, 9.17) is 9.47 Å². The quantitative estimate of drug-likeness (QED) is 0.732. The highest BCUT2D eigenvalue weighted by atomic mass is 16.5. The van der Waals surface area contributed by atoms with Gasteiger partial charge < -0.3 is 14.8 Å². The number of fused-ring (bicyclic) bond motifs is 3. The number of anilines is 1. The van der Waals surface area contributed by atoms with Crippen LogP contribution in [0.25, 0.3) is 5.78 Å². The van der Waals surface area contributed by atoms with Crippen LogP contribution >= 0.6 is 0 Å². The van der Waals surface area contributed by atoms with Crippen molar-refractivity contribution in [1.82, 2.24) is 19.6 Å². The molecule has 3 aromatic rings. The highest BCUT2D eigenvalue weighted by molar-refractivity contribution is 5.94. The van der Waals surface area contributed by atoms with Crippen LogP contribution in [0, 0.1) is 0 Å². The number of nitrogens with one attached hydrogen (secondary N) is 2. The lowest BCUT2D eigenvalue weighted by molar-refractivity contribution is -0.116. The van der Waals surface area contributed by atoms with E-state index in [0.717, 1.165) is 5.56 Å². The van der Waals surface area contributed by atoms with Gasteiger partial charge in [-0.3, -0.25) is 14.6 Å². The molecule has 0 radical (unpaired) electrons. The molecule has 1 aromatic carbocycles. The third-order valence-corrected chi connectivity index (χ3v) is 4.29. The van der Waals surface area contributed by atoms with Gasteiger partial charge in [-0.2, -0.15) is 14.6 Å². The Hall–Kier alpha value is -3.36. The molecule has 0 bridgehead atoms. The maximum atomic E-state index is 12.6. The highest BCUT2D eigenvalue weighted by Gasteiger charge is 2.32. The molecule has 2 N–H and O–H groups in total. The smallest absolute Gasteiger partial charge is 0.258 e. The van der Waals surface area contributed by atoms with Gasteiger partial charge in [0.05, 0.1) is 19.8 Å². The Labute approximate surface area is 141 Å². The van der Waals surface area contributed by atoms with Gasteiger partial charge in [-0.25, -0.2) is 0 Å². The lowest BCUT2D eigenvalue weighted by Crippen LogP contribution is -2.32. The predicted molar refractivity (Wildman–Crippen MR) is 88.2 cm³/mol. The lowest BCUT2D eigenvalue weighted by Gasteiger charge is -2.25. The van der Waals surface area contributed by atoms with E-state index in [2.05, 4.69) is 20.4 Å². The van der Waals surface area contributed by atoms with Crippen molar-refractivity contribution < 1.29 is 14.3 Å². The summed E-state index contributed by atoms with van der Waals surface area (Å²) in [5.74, 6) is 1.10. The largest absolute Gasteiger partial charge is 0.493 e. The maximum absolute atomic E-state index is 12.6. The minimum atomic E-state index is -0.430. The number of nitrogens with zero attached hydrogens (tertiary/aromatic N) is 3. The molecule has 0 aliphatic carbocycles. The minimum Gasteiger partial charge on any atom is -0.493 e. The first kappa shape index (κ1) is 15.2. The molecular formula is C16H15N5O4. The number of H-pyrrole nitrogens is 1. The molecule has 1 atom stereocenters. The van der Waals surface area contributed by atoms with Crippen LogP contribution in [-0.4, -0.2) is 39.7 Å². The summed E-state index contributed by atoms with van der Waals surface area (Å²) in [5.41, 5.74) is 0.902. The predicted octanol–water partition coefficient (Wildman–Crippen LogP) is 0.909. The lowest BCUT2D eigenvalue weighted by atomic mass is 9.86. The number of methoxy groups -OCH3 is 2. The molecule has 1 unspecified atom stereocenters. The number of hydrogen-bond acceptors (Lipinski definition) is 6. The Morgan fingerprint density at radius 2 is 2.00 bits per heavy atom. The molecule has 1 aliphatic rings. The first-order chi connectivity index (χ1) is 12.1. The Morgan fingerprint density at radius 1 is 1.20 bits per heavy atom. The second-order valence-electron chi connectivity index (χ2n) is 5.63. The molecule has 128 valence electrons. The Kier molecular flexibility index (Phi) is 3.41. The molecule has 0 saturated heterocycles. The third-order valence-electron chi connectivity index (χ3n) is 4.29. The topological polar surface area (TPSA) is 111 Å². The zero-order valence-corrected chi connectivity index (χ0v) is 13.6. The van der Waals surface area contributed by atoms with E-state index in [1.807, 2.05) is 6.07 Å². The van der Waals surface area contributed by atoms with Crippen LogP contribution in [0.1, 0.15) is 23.5 Å². The molecule has 3 heterocycles. The summed E-state index contributed by atoms with van der Waals surface area (Å²) in [7, 11) is 3.09. The van der Waals surface area contributed by atoms with Gasteiger partial charge in [0.2, 0.25) is 11.7 Å². The van der Waals surface area contributed by atoms with Gasteiger partial charge in [0.25, 0.3) is 5.56 Å². The highest BCUT2D eigenvalue weighted by Crippen LogP contribution is 2.38. The van der Waals surface area contributed by atoms with E-state index in [1.54, 1.807) is 19.2 Å². The van der Waals surface area contributed by atoms with Crippen LogP contribution in [0.2, 0.25) is 0 Å². The van der Waals surface area contributed by atoms with Crippen LogP contribution in [-0.2, 0) is 4.79 Å². The summed E-state index contributed by atoms with van der Waals surface area (Å²) in [6.07, 6.45) is 1.46. The Balaban J connectivity index is 1.93. The first-order valence-corrected chi connectivity index (χ1v) is 7.60. The number of aromatic amines is 1. The van der Waals surface area contributed by atoms with Crippen LogP contribution in [0.15, 0.2) is 29.3 Å². The summed E-state index contributed by atoms with van der Waals surface area (Å²) in [6, 6.07) is 5.35. The number of carbonyl (C=O) groups is 1. The van der Waals surface area contributed by atoms with E-state index in [9.17, 15) is 9.59 Å². The van der Waals surface area contributed by atoms with Crippen molar-refractivity contribution in [3.05, 3.63) is 46.0 Å². The SMILES string of the molecule is COc1ccc(C2CC(=O)Nc3c2c(=O)[nH]c2ncnn32)cc1OC. The van der Waals surface area contributed by atoms with Crippen LogP contribution in [0.4, 0.5) is 5.82 Å². The van der Waals surface area contributed by atoms with E-state index in [-0.39, 0.29) is 23.7 Å². The standard InChI is InChI=1S/C16H15N5O4/c1-24-10-4-3-8(5-11(10)25-2)9-6-12(22)19-14-13(9)15(23)20-16-17-7-18-21(14)16/h3-5,7,9H,6H2,1-2H3,(H,19,22)(H,17,18,20,23). The van der Waals surface area contributed by atoms with E-state index >= 15 is 0 Å². The van der Waals surface area contributed by atoms with Crippen molar-refractivity contribution in [3.63, 3.8) is 0 Å². The van der Waals surface area contributed by atoms with Crippen molar-refractivity contribution in [3.8, 4) is 11.5 Å². The van der Waals surface area contributed by atoms with Gasteiger partial charge >= 0.3 is 0 Å². The second-order valence-corrected chi connectivity index (χ2v) is 5.63. The zero-order chi connectivity index (χ0) is 17.6. The molecule has 1 aliphatic heterocycles. The molecule has 4 rings (SSSR count). The average molecular weight is 341 g/mol. The summed E-state index contributed by atoms with van der Waals surface area (Å²) >= 11 is 0. The van der Waals surface area contributed by atoms with Crippen LogP contribution < -0.4 is 20.3 Å². The third kappa shape index (κ3) is 2.32. The fourth-order valence-corrected chi connectivity index (χ4v) is 3.15. The normalized spacial score (nSPS) is 16.4. The fraction of sp³-hybridized carbons (Fsp3) is 0.250. The van der Waals surface area contributed by atoms with Gasteiger partial charge in [0.1, 0.15) is 12.1 Å². The van der Waals surface area contributed by atoms with Crippen molar-refractivity contribution in [2.24, 2.45) is 0 Å². The molecule has 0 spiro atoms. The molecule has 9 nitrogen and oxygen atoms in total. The number of hydrogen-bond donors (Lipinski definition) is 2. The number of amides is 1. The molecular weight excluding hydrogens is 326 g/mol. The average Bonchev–Trinajstić information content (AvgIpc) is 3.08. The van der Waals surface area contributed by atoms with Gasteiger partial charge in [-0.05, 0) is 17.7 Å². The van der Waals surface area contributed by atoms with Gasteiger partial charge in [-0.15, -0.1) is 0 Å². The van der Waals surface area contributed by atoms with E-state index < -0.39 is 5.92 Å². The van der Waals surface area contributed by atoms with E-state index in [0.29, 0.717) is 22.9 Å². The second kappa shape index (κ2) is 5.62. The van der Waals surface area contributed by atoms with Crippen molar-refractivity contribution in [2.75, 3.05) is 19.5 Å². The summed E-state index contributed by atoms with van der Waals surface area (Å²) < 4.78 is 12.0. The molecule has 0 fully saturated rings. The molecule has 1 amide bonds. The van der Waals surface area contributed by atoms with Crippen LogP contribution in [0.3, 0.4) is 0 Å². The van der Waals surface area contributed by atoms with Crippen molar-refractivity contribution in [1.29, 1.82) is 0 Å². The maximum Gasteiger partial charge on any atom is 0.258 e. The Bertz CT molecular complexity index is 1040. The summed E-state index contributed by atoms with van der Waals surface area (Å²) in [4.78, 5) is 31.5. The first-order valence-electron chi connectivity index (χ1n) is 7.60. The van der Waals surface area contributed by atoms with Gasteiger partial charge in [-0.1, -0.05) is 6.07 Å². The van der Waals surface area contributed by atoms with Crippen molar-refractivity contribution >= 4 is 17.5 Å². The summed E-state index contributed by atoms with van der Waals surface area (Å²) in [5, 5.41) is 6.80. The number of benzene rings is 1. The number of rotatable bonds is 3. The van der Waals surface area contributed by atoms with E-state index in [1.165, 1.54) is 18.0 Å². The molecule has 2 aromatic heterocycles. The van der Waals surface area contributed by atoms with Crippen LogP contribution in [0.5, 0.6) is 11.5 Å². The van der Waals surface area contributed by atoms with Gasteiger partial charge in [0.15, 0.2) is 11.5 Å².